The van der Waals surface area contributed by atoms with Gasteiger partial charge in [-0.25, -0.2) is 0 Å². The number of aryl methyl sites for hydroxylation is 1. The quantitative estimate of drug-likeness (QED) is 0.471. The molecule has 2 rings (SSSR count). The van der Waals surface area contributed by atoms with Gasteiger partial charge >= 0.3 is 5.69 Å². The molecule has 2 aromatic rings. The zero-order valence-corrected chi connectivity index (χ0v) is 9.45. The van der Waals surface area contributed by atoms with Crippen LogP contribution in [0.25, 0.3) is 0 Å². The van der Waals surface area contributed by atoms with Gasteiger partial charge in [-0.05, 0) is 24.6 Å². The molecule has 0 aliphatic rings. The van der Waals surface area contributed by atoms with E-state index in [4.69, 9.17) is 9.15 Å². The molecule has 6 nitrogen and oxygen atoms in total. The Morgan fingerprint density at radius 1 is 1.33 bits per heavy atom. The van der Waals surface area contributed by atoms with Crippen molar-refractivity contribution in [1.29, 1.82) is 0 Å². The molecule has 18 heavy (non-hydrogen) atoms. The molecule has 0 bridgehead atoms. The molecule has 1 heterocycles. The number of nitro groups is 1. The monoisotopic (exact) mass is 247 g/mol. The van der Waals surface area contributed by atoms with Crippen molar-refractivity contribution in [3.05, 3.63) is 51.8 Å². The molecule has 0 aliphatic carbocycles. The maximum absolute atomic E-state index is 10.9. The Morgan fingerprint density at radius 3 is 2.72 bits per heavy atom. The first-order chi connectivity index (χ1) is 8.60. The van der Waals surface area contributed by atoms with E-state index >= 15 is 0 Å². The third-order valence-electron chi connectivity index (χ3n) is 2.24. The summed E-state index contributed by atoms with van der Waals surface area (Å²) in [6, 6.07) is 7.41. The van der Waals surface area contributed by atoms with Gasteiger partial charge in [-0.3, -0.25) is 14.9 Å². The lowest BCUT2D eigenvalue weighted by Gasteiger charge is -2.03. The largest absolute Gasteiger partial charge is 0.422 e. The Balaban J connectivity index is 2.33. The number of nitrogens with zero attached hydrogens (tertiary/aromatic N) is 1. The fraction of sp³-hybridized carbons (Fsp3) is 0.0833. The van der Waals surface area contributed by atoms with Crippen LogP contribution in [-0.2, 0) is 0 Å². The number of hydrogen-bond acceptors (Lipinski definition) is 5. The number of carbonyl (C=O) groups is 1. The van der Waals surface area contributed by atoms with Crippen molar-refractivity contribution < 1.29 is 18.9 Å². The van der Waals surface area contributed by atoms with Crippen molar-refractivity contribution in [2.45, 2.75) is 6.92 Å². The van der Waals surface area contributed by atoms with Crippen molar-refractivity contribution in [1.82, 2.24) is 0 Å². The Morgan fingerprint density at radius 2 is 2.11 bits per heavy atom. The predicted molar refractivity (Wildman–Crippen MR) is 62.0 cm³/mol. The smallest absolute Gasteiger partial charge is 0.311 e. The van der Waals surface area contributed by atoms with E-state index in [-0.39, 0.29) is 23.1 Å². The molecular weight excluding hydrogens is 238 g/mol. The van der Waals surface area contributed by atoms with Crippen LogP contribution in [0, 0.1) is 17.0 Å². The van der Waals surface area contributed by atoms with Crippen LogP contribution in [0.2, 0.25) is 0 Å². The van der Waals surface area contributed by atoms with Crippen LogP contribution in [0.4, 0.5) is 5.69 Å². The molecule has 0 amide bonds. The molecule has 0 aliphatic heterocycles. The second-order valence-electron chi connectivity index (χ2n) is 3.61. The molecular formula is C12H9NO5. The lowest BCUT2D eigenvalue weighted by atomic mass is 10.2. The van der Waals surface area contributed by atoms with E-state index in [9.17, 15) is 14.9 Å². The Kier molecular flexibility index (Phi) is 3.09. The van der Waals surface area contributed by atoms with Gasteiger partial charge in [-0.2, -0.15) is 0 Å². The first kappa shape index (κ1) is 11.8. The predicted octanol–water partition coefficient (Wildman–Crippen LogP) is 3.10. The van der Waals surface area contributed by atoms with Crippen molar-refractivity contribution in [2.24, 2.45) is 0 Å². The Bertz CT molecular complexity index is 602. The highest BCUT2D eigenvalue weighted by molar-refractivity contribution is 5.70. The third kappa shape index (κ3) is 2.37. The average Bonchev–Trinajstić information content (AvgIpc) is 2.79. The first-order valence-corrected chi connectivity index (χ1v) is 5.08. The zero-order valence-electron chi connectivity index (χ0n) is 9.45. The molecule has 0 saturated heterocycles. The molecule has 92 valence electrons. The summed E-state index contributed by atoms with van der Waals surface area (Å²) in [6.07, 6.45) is 0.524. The van der Waals surface area contributed by atoms with Gasteiger partial charge < -0.3 is 9.15 Å². The van der Waals surface area contributed by atoms with E-state index in [0.717, 1.165) is 5.56 Å². The number of hydrogen-bond donors (Lipinski definition) is 0. The van der Waals surface area contributed by atoms with Gasteiger partial charge in [-0.15, -0.1) is 0 Å². The molecule has 0 spiro atoms. The van der Waals surface area contributed by atoms with Crippen LogP contribution in [0.1, 0.15) is 16.1 Å². The number of carbonyl (C=O) groups excluding carboxylic acids is 1. The minimum absolute atomic E-state index is 0.0315. The maximum Gasteiger partial charge on any atom is 0.311 e. The summed E-state index contributed by atoms with van der Waals surface area (Å²) in [7, 11) is 0. The van der Waals surface area contributed by atoms with E-state index in [0.29, 0.717) is 6.29 Å². The summed E-state index contributed by atoms with van der Waals surface area (Å²) in [5.74, 6) is 0.196. The van der Waals surface area contributed by atoms with E-state index < -0.39 is 4.92 Å². The highest BCUT2D eigenvalue weighted by Gasteiger charge is 2.17. The average molecular weight is 247 g/mol. The fourth-order valence-electron chi connectivity index (χ4n) is 1.42. The summed E-state index contributed by atoms with van der Waals surface area (Å²) < 4.78 is 10.2. The molecule has 0 unspecified atom stereocenters. The SMILES string of the molecule is Cc1ccc(Oc2ccc(C=O)o2)c([N+](=O)[O-])c1. The van der Waals surface area contributed by atoms with Crippen molar-refractivity contribution >= 4 is 12.0 Å². The van der Waals surface area contributed by atoms with Crippen molar-refractivity contribution in [2.75, 3.05) is 0 Å². The molecule has 0 atom stereocenters. The van der Waals surface area contributed by atoms with Gasteiger partial charge in [0.25, 0.3) is 5.95 Å². The van der Waals surface area contributed by atoms with Crippen LogP contribution < -0.4 is 4.74 Å². The summed E-state index contributed by atoms with van der Waals surface area (Å²) in [6.45, 7) is 1.74. The van der Waals surface area contributed by atoms with Gasteiger partial charge in [0.05, 0.1) is 4.92 Å². The summed E-state index contributed by atoms with van der Waals surface area (Å²) in [5.41, 5.74) is 0.598. The molecule has 1 aromatic heterocycles. The standard InChI is InChI=1S/C12H9NO5/c1-8-2-4-11(10(6-8)13(15)16)18-12-5-3-9(7-14)17-12/h2-7H,1H3. The molecule has 0 saturated carbocycles. The topological polar surface area (TPSA) is 82.6 Å². The van der Waals surface area contributed by atoms with Gasteiger partial charge in [0.2, 0.25) is 5.75 Å². The Hall–Kier alpha value is -2.63. The fourth-order valence-corrected chi connectivity index (χ4v) is 1.42. The van der Waals surface area contributed by atoms with Crippen LogP contribution in [-0.4, -0.2) is 11.2 Å². The van der Waals surface area contributed by atoms with Crippen molar-refractivity contribution in [3.63, 3.8) is 0 Å². The van der Waals surface area contributed by atoms with E-state index in [2.05, 4.69) is 0 Å². The molecule has 0 N–H and O–H groups in total. The number of aldehydes is 1. The third-order valence-corrected chi connectivity index (χ3v) is 2.24. The number of benzene rings is 1. The van der Waals surface area contributed by atoms with Gasteiger partial charge in [0, 0.05) is 12.1 Å². The zero-order chi connectivity index (χ0) is 13.1. The van der Waals surface area contributed by atoms with Gasteiger partial charge in [0.1, 0.15) is 0 Å². The molecule has 1 aromatic carbocycles. The summed E-state index contributed by atoms with van der Waals surface area (Å²) in [4.78, 5) is 20.8. The summed E-state index contributed by atoms with van der Waals surface area (Å²) in [5, 5.41) is 10.9. The number of rotatable bonds is 4. The molecule has 0 radical (unpaired) electrons. The second-order valence-corrected chi connectivity index (χ2v) is 3.61. The lowest BCUT2D eigenvalue weighted by Crippen LogP contribution is -1.93. The minimum Gasteiger partial charge on any atom is -0.422 e. The van der Waals surface area contributed by atoms with Crippen LogP contribution in [0.3, 0.4) is 0 Å². The van der Waals surface area contributed by atoms with E-state index in [1.165, 1.54) is 24.3 Å². The number of nitro benzene ring substituents is 1. The highest BCUT2D eigenvalue weighted by atomic mass is 16.6. The number of furan rings is 1. The van der Waals surface area contributed by atoms with Crippen LogP contribution >= 0.6 is 0 Å². The van der Waals surface area contributed by atoms with E-state index in [1.54, 1.807) is 13.0 Å². The van der Waals surface area contributed by atoms with Gasteiger partial charge in [-0.1, -0.05) is 6.07 Å². The highest BCUT2D eigenvalue weighted by Crippen LogP contribution is 2.32. The van der Waals surface area contributed by atoms with Crippen molar-refractivity contribution in [3.8, 4) is 11.7 Å². The van der Waals surface area contributed by atoms with Gasteiger partial charge in [0.15, 0.2) is 12.0 Å². The van der Waals surface area contributed by atoms with Crippen LogP contribution in [0.5, 0.6) is 11.7 Å². The first-order valence-electron chi connectivity index (χ1n) is 5.08. The number of ether oxygens (including phenoxy) is 1. The molecule has 6 heteroatoms. The normalized spacial score (nSPS) is 10.1. The maximum atomic E-state index is 10.9. The molecule has 0 fully saturated rings. The van der Waals surface area contributed by atoms with Crippen LogP contribution in [0.15, 0.2) is 34.7 Å². The second kappa shape index (κ2) is 4.70. The minimum atomic E-state index is -0.536. The van der Waals surface area contributed by atoms with E-state index in [1.807, 2.05) is 0 Å². The summed E-state index contributed by atoms with van der Waals surface area (Å²) >= 11 is 0. The Labute approximate surface area is 102 Å². The lowest BCUT2D eigenvalue weighted by molar-refractivity contribution is -0.385.